The number of nitrogens with zero attached hydrogens (tertiary/aromatic N) is 2. The van der Waals surface area contributed by atoms with Gasteiger partial charge in [0.1, 0.15) is 11.6 Å². The van der Waals surface area contributed by atoms with Gasteiger partial charge in [-0.2, -0.15) is 5.11 Å². The van der Waals surface area contributed by atoms with Crippen molar-refractivity contribution in [3.05, 3.63) is 41.5 Å². The molecule has 0 bridgehead atoms. The molecule has 0 radical (unpaired) electrons. The summed E-state index contributed by atoms with van der Waals surface area (Å²) in [6.45, 7) is 0. The molecule has 0 saturated heterocycles. The molecule has 5 heteroatoms. The van der Waals surface area contributed by atoms with Crippen LogP contribution in [0.4, 0.5) is 10.1 Å². The Morgan fingerprint density at radius 1 is 1.05 bits per heavy atom. The monoisotopic (exact) mass is 274 g/mol. The molecule has 2 aliphatic rings. The number of Topliss-reactive ketones (excluding diaryl/α,β-unsaturated/α-hetero) is 1. The topological polar surface area (TPSA) is 62.0 Å². The molecule has 20 heavy (non-hydrogen) atoms. The van der Waals surface area contributed by atoms with Crippen molar-refractivity contribution in [1.82, 2.24) is 0 Å². The van der Waals surface area contributed by atoms with E-state index in [1.165, 1.54) is 24.3 Å². The summed E-state index contributed by atoms with van der Waals surface area (Å²) < 4.78 is 12.8. The van der Waals surface area contributed by atoms with E-state index in [9.17, 15) is 14.3 Å². The quantitative estimate of drug-likeness (QED) is 0.826. The highest BCUT2D eigenvalue weighted by molar-refractivity contribution is 6.00. The van der Waals surface area contributed by atoms with Gasteiger partial charge >= 0.3 is 0 Å². The van der Waals surface area contributed by atoms with Crippen LogP contribution in [0.5, 0.6) is 0 Å². The number of halogens is 1. The number of hydrogen-bond acceptors (Lipinski definition) is 4. The molecular formula is C15H15FN2O2. The van der Waals surface area contributed by atoms with E-state index in [4.69, 9.17) is 0 Å². The van der Waals surface area contributed by atoms with Gasteiger partial charge in [0.05, 0.1) is 5.69 Å². The molecule has 2 unspecified atom stereocenters. The minimum Gasteiger partial charge on any atom is -0.510 e. The average molecular weight is 274 g/mol. The third-order valence-electron chi connectivity index (χ3n) is 4.02. The molecular weight excluding hydrogens is 259 g/mol. The molecule has 1 fully saturated rings. The molecule has 0 amide bonds. The summed E-state index contributed by atoms with van der Waals surface area (Å²) in [5.41, 5.74) is 0.528. The summed E-state index contributed by atoms with van der Waals surface area (Å²) in [4.78, 5) is 12.2. The molecule has 1 saturated carbocycles. The lowest BCUT2D eigenvalue weighted by atomic mass is 9.80. The summed E-state index contributed by atoms with van der Waals surface area (Å²) in [6, 6.07) is 5.50. The fourth-order valence-corrected chi connectivity index (χ4v) is 2.97. The van der Waals surface area contributed by atoms with Crippen molar-refractivity contribution in [2.24, 2.45) is 22.1 Å². The van der Waals surface area contributed by atoms with Gasteiger partial charge in [0.2, 0.25) is 0 Å². The Balaban J connectivity index is 1.84. The van der Waals surface area contributed by atoms with E-state index < -0.39 is 0 Å². The van der Waals surface area contributed by atoms with Crippen LogP contribution in [0, 0.1) is 17.7 Å². The number of ketones is 1. The first-order valence-electron chi connectivity index (χ1n) is 6.81. The smallest absolute Gasteiger partial charge is 0.190 e. The second-order valence-corrected chi connectivity index (χ2v) is 5.27. The fourth-order valence-electron chi connectivity index (χ4n) is 2.97. The average Bonchev–Trinajstić information content (AvgIpc) is 2.71. The van der Waals surface area contributed by atoms with Crippen LogP contribution in [-0.2, 0) is 4.79 Å². The minimum atomic E-state index is -0.353. The molecule has 3 rings (SSSR count). The highest BCUT2D eigenvalue weighted by atomic mass is 19.1. The Hall–Kier alpha value is -2.04. The largest absolute Gasteiger partial charge is 0.510 e. The first-order valence-corrected chi connectivity index (χ1v) is 6.81. The molecule has 104 valence electrons. The lowest BCUT2D eigenvalue weighted by molar-refractivity contribution is -0.120. The number of hydrogen-bond donors (Lipinski definition) is 1. The van der Waals surface area contributed by atoms with E-state index >= 15 is 0 Å². The van der Waals surface area contributed by atoms with E-state index in [2.05, 4.69) is 10.2 Å². The van der Waals surface area contributed by atoms with Crippen LogP contribution >= 0.6 is 0 Å². The van der Waals surface area contributed by atoms with Crippen molar-refractivity contribution in [2.45, 2.75) is 25.7 Å². The van der Waals surface area contributed by atoms with E-state index in [0.29, 0.717) is 5.69 Å². The van der Waals surface area contributed by atoms with Gasteiger partial charge in [-0.15, -0.1) is 5.11 Å². The summed E-state index contributed by atoms with van der Waals surface area (Å²) >= 11 is 0. The Labute approximate surface area is 116 Å². The van der Waals surface area contributed by atoms with Crippen LogP contribution in [0.15, 0.2) is 46.0 Å². The third kappa shape index (κ3) is 2.24. The maximum Gasteiger partial charge on any atom is 0.190 e. The van der Waals surface area contributed by atoms with E-state index in [-0.39, 0.29) is 34.9 Å². The number of carbonyl (C=O) groups is 1. The highest BCUT2D eigenvalue weighted by Gasteiger charge is 2.43. The molecule has 4 nitrogen and oxygen atoms in total. The van der Waals surface area contributed by atoms with Gasteiger partial charge < -0.3 is 5.11 Å². The Kier molecular flexibility index (Phi) is 3.34. The Bertz CT molecular complexity index is 592. The van der Waals surface area contributed by atoms with E-state index in [0.717, 1.165) is 25.7 Å². The summed E-state index contributed by atoms with van der Waals surface area (Å²) in [7, 11) is 0. The van der Waals surface area contributed by atoms with Gasteiger partial charge in [-0.25, -0.2) is 4.39 Å². The van der Waals surface area contributed by atoms with Crippen LogP contribution < -0.4 is 0 Å². The maximum absolute atomic E-state index is 12.8. The predicted molar refractivity (Wildman–Crippen MR) is 71.0 cm³/mol. The first-order chi connectivity index (χ1) is 9.66. The van der Waals surface area contributed by atoms with E-state index in [1.54, 1.807) is 0 Å². The van der Waals surface area contributed by atoms with E-state index in [1.807, 2.05) is 0 Å². The van der Waals surface area contributed by atoms with Gasteiger partial charge in [-0.3, -0.25) is 4.79 Å². The molecule has 1 aromatic rings. The zero-order valence-electron chi connectivity index (χ0n) is 10.9. The molecule has 2 aliphatic carbocycles. The molecule has 1 aromatic carbocycles. The van der Waals surface area contributed by atoms with Crippen molar-refractivity contribution in [3.63, 3.8) is 0 Å². The SMILES string of the molecule is O=C1C(N=Nc2ccc(F)cc2)=C(O)C2CCCCC12. The summed E-state index contributed by atoms with van der Waals surface area (Å²) in [5.74, 6) is -0.609. The number of aliphatic hydroxyl groups is 1. The van der Waals surface area contributed by atoms with Gasteiger partial charge in [-0.05, 0) is 37.1 Å². The lowest BCUT2D eigenvalue weighted by Gasteiger charge is -2.23. The molecule has 1 N–H and O–H groups in total. The minimum absolute atomic E-state index is 0.0746. The van der Waals surface area contributed by atoms with Crippen molar-refractivity contribution in [2.75, 3.05) is 0 Å². The zero-order valence-corrected chi connectivity index (χ0v) is 10.9. The predicted octanol–water partition coefficient (Wildman–Crippen LogP) is 4.07. The molecule has 2 atom stereocenters. The van der Waals surface area contributed by atoms with Crippen molar-refractivity contribution >= 4 is 11.5 Å². The standard InChI is InChI=1S/C15H15FN2O2/c16-9-5-7-10(8-6-9)17-18-13-14(19)11-3-1-2-4-12(11)15(13)20/h5-8,11-12,19H,1-4H2. The highest BCUT2D eigenvalue weighted by Crippen LogP contribution is 2.43. The van der Waals surface area contributed by atoms with Gasteiger partial charge in [-0.1, -0.05) is 12.8 Å². The number of carbonyl (C=O) groups excluding carboxylic acids is 1. The van der Waals surface area contributed by atoms with Crippen LogP contribution in [0.1, 0.15) is 25.7 Å². The van der Waals surface area contributed by atoms with Crippen LogP contribution in [0.2, 0.25) is 0 Å². The summed E-state index contributed by atoms with van der Waals surface area (Å²) in [6.07, 6.45) is 3.68. The molecule has 0 spiro atoms. The third-order valence-corrected chi connectivity index (χ3v) is 4.02. The normalized spacial score (nSPS) is 26.4. The molecule has 0 aliphatic heterocycles. The fraction of sp³-hybridized carbons (Fsp3) is 0.400. The number of rotatable bonds is 2. The zero-order chi connectivity index (χ0) is 14.1. The van der Waals surface area contributed by atoms with Gasteiger partial charge in [0, 0.05) is 11.8 Å². The molecule has 0 aromatic heterocycles. The number of azo groups is 1. The summed E-state index contributed by atoms with van der Waals surface area (Å²) in [5, 5.41) is 17.9. The van der Waals surface area contributed by atoms with Crippen LogP contribution in [-0.4, -0.2) is 10.9 Å². The number of allylic oxidation sites excluding steroid dienone is 2. The first kappa shape index (κ1) is 13.0. The second kappa shape index (κ2) is 5.15. The second-order valence-electron chi connectivity index (χ2n) is 5.27. The van der Waals surface area contributed by atoms with Crippen LogP contribution in [0.25, 0.3) is 0 Å². The van der Waals surface area contributed by atoms with Gasteiger partial charge in [0.25, 0.3) is 0 Å². The number of benzene rings is 1. The molecule has 0 heterocycles. The Morgan fingerprint density at radius 3 is 2.35 bits per heavy atom. The number of fused-ring (bicyclic) bond motifs is 1. The van der Waals surface area contributed by atoms with Gasteiger partial charge in [0.15, 0.2) is 11.5 Å². The lowest BCUT2D eigenvalue weighted by Crippen LogP contribution is -2.21. The maximum atomic E-state index is 12.8. The van der Waals surface area contributed by atoms with Crippen molar-refractivity contribution < 1.29 is 14.3 Å². The van der Waals surface area contributed by atoms with Crippen LogP contribution in [0.3, 0.4) is 0 Å². The van der Waals surface area contributed by atoms with Crippen molar-refractivity contribution in [3.8, 4) is 0 Å². The van der Waals surface area contributed by atoms with Crippen molar-refractivity contribution in [1.29, 1.82) is 0 Å². The number of aliphatic hydroxyl groups excluding tert-OH is 1. The Morgan fingerprint density at radius 2 is 1.70 bits per heavy atom.